The fourth-order valence-corrected chi connectivity index (χ4v) is 2.36. The van der Waals surface area contributed by atoms with Gasteiger partial charge in [0.2, 0.25) is 5.91 Å². The smallest absolute Gasteiger partial charge is 0.243 e. The van der Waals surface area contributed by atoms with E-state index in [0.29, 0.717) is 5.82 Å². The Balaban J connectivity index is 1.63. The van der Waals surface area contributed by atoms with E-state index in [1.54, 1.807) is 0 Å². The zero-order valence-electron chi connectivity index (χ0n) is 13.7. The molecule has 0 atom stereocenters. The molecule has 0 fully saturated rings. The monoisotopic (exact) mass is 321 g/mol. The van der Waals surface area contributed by atoms with Crippen LogP contribution in [0.3, 0.4) is 0 Å². The standard InChI is InChI=1S/C18H19N5O/c1-23(2)14-9-7-13(8-10-14)22-17(24)11-19-18-15-5-3-4-6-16(15)20-12-21-18/h3-10,12H,11H2,1-2H3,(H,22,24)(H,19,20,21). The zero-order valence-corrected chi connectivity index (χ0v) is 13.7. The summed E-state index contributed by atoms with van der Waals surface area (Å²) in [5, 5.41) is 6.82. The summed E-state index contributed by atoms with van der Waals surface area (Å²) in [5.41, 5.74) is 2.69. The second-order valence-corrected chi connectivity index (χ2v) is 5.58. The lowest BCUT2D eigenvalue weighted by atomic mass is 10.2. The van der Waals surface area contributed by atoms with E-state index in [9.17, 15) is 4.79 Å². The first-order valence-corrected chi connectivity index (χ1v) is 7.64. The van der Waals surface area contributed by atoms with Crippen molar-refractivity contribution in [3.05, 3.63) is 54.9 Å². The molecule has 1 amide bonds. The molecule has 0 unspecified atom stereocenters. The van der Waals surface area contributed by atoms with E-state index in [4.69, 9.17) is 0 Å². The van der Waals surface area contributed by atoms with Crippen LogP contribution in [0.1, 0.15) is 0 Å². The summed E-state index contributed by atoms with van der Waals surface area (Å²) in [5.74, 6) is 0.522. The first-order valence-electron chi connectivity index (χ1n) is 7.64. The maximum Gasteiger partial charge on any atom is 0.243 e. The molecule has 0 aliphatic rings. The minimum atomic E-state index is -0.129. The highest BCUT2D eigenvalue weighted by Gasteiger charge is 2.06. The van der Waals surface area contributed by atoms with Crippen molar-refractivity contribution < 1.29 is 4.79 Å². The van der Waals surface area contributed by atoms with Gasteiger partial charge >= 0.3 is 0 Å². The Morgan fingerprint density at radius 3 is 2.54 bits per heavy atom. The molecule has 6 nitrogen and oxygen atoms in total. The fourth-order valence-electron chi connectivity index (χ4n) is 2.36. The van der Waals surface area contributed by atoms with Crippen LogP contribution in [-0.4, -0.2) is 36.5 Å². The number of aromatic nitrogens is 2. The molecule has 122 valence electrons. The number of hydrogen-bond donors (Lipinski definition) is 2. The zero-order chi connectivity index (χ0) is 16.9. The number of carbonyl (C=O) groups excluding carboxylic acids is 1. The molecule has 2 N–H and O–H groups in total. The second kappa shape index (κ2) is 6.95. The summed E-state index contributed by atoms with van der Waals surface area (Å²) in [6, 6.07) is 15.4. The van der Waals surface area contributed by atoms with Gasteiger partial charge in [-0.05, 0) is 36.4 Å². The molecule has 0 spiro atoms. The predicted molar refractivity (Wildman–Crippen MR) is 97.4 cm³/mol. The molecule has 1 heterocycles. The Morgan fingerprint density at radius 2 is 1.79 bits per heavy atom. The first kappa shape index (κ1) is 15.7. The summed E-state index contributed by atoms with van der Waals surface area (Å²) in [6.45, 7) is 0.135. The van der Waals surface area contributed by atoms with E-state index < -0.39 is 0 Å². The van der Waals surface area contributed by atoms with Crippen molar-refractivity contribution in [2.45, 2.75) is 0 Å². The van der Waals surface area contributed by atoms with Gasteiger partial charge < -0.3 is 15.5 Å². The highest BCUT2D eigenvalue weighted by atomic mass is 16.1. The molecule has 3 aromatic rings. The van der Waals surface area contributed by atoms with E-state index in [1.165, 1.54) is 6.33 Å². The highest BCUT2D eigenvalue weighted by molar-refractivity contribution is 5.96. The second-order valence-electron chi connectivity index (χ2n) is 5.58. The third kappa shape index (κ3) is 3.60. The number of amides is 1. The number of nitrogens with zero attached hydrogens (tertiary/aromatic N) is 3. The summed E-state index contributed by atoms with van der Waals surface area (Å²) < 4.78 is 0. The summed E-state index contributed by atoms with van der Waals surface area (Å²) in [4.78, 5) is 22.5. The van der Waals surface area contributed by atoms with Crippen LogP contribution in [0.25, 0.3) is 10.9 Å². The molecule has 6 heteroatoms. The quantitative estimate of drug-likeness (QED) is 0.756. The number of para-hydroxylation sites is 1. The van der Waals surface area contributed by atoms with Gasteiger partial charge in [0.05, 0.1) is 12.1 Å². The van der Waals surface area contributed by atoms with Gasteiger partial charge in [-0.1, -0.05) is 12.1 Å². The molecular formula is C18H19N5O. The van der Waals surface area contributed by atoms with Gasteiger partial charge in [-0.3, -0.25) is 4.79 Å². The minimum absolute atomic E-state index is 0.129. The summed E-state index contributed by atoms with van der Waals surface area (Å²) >= 11 is 0. The van der Waals surface area contributed by atoms with Crippen LogP contribution >= 0.6 is 0 Å². The van der Waals surface area contributed by atoms with E-state index in [2.05, 4.69) is 20.6 Å². The van der Waals surface area contributed by atoms with Gasteiger partial charge in [-0.2, -0.15) is 0 Å². The minimum Gasteiger partial charge on any atom is -0.378 e. The predicted octanol–water partition coefficient (Wildman–Crippen LogP) is 2.75. The fraction of sp³-hybridized carbons (Fsp3) is 0.167. The Hall–Kier alpha value is -3.15. The lowest BCUT2D eigenvalue weighted by Gasteiger charge is -2.13. The molecular weight excluding hydrogens is 302 g/mol. The van der Waals surface area contributed by atoms with Crippen LogP contribution < -0.4 is 15.5 Å². The topological polar surface area (TPSA) is 70.2 Å². The molecule has 0 bridgehead atoms. The van der Waals surface area contributed by atoms with Gasteiger partial charge in [-0.25, -0.2) is 9.97 Å². The number of nitrogens with one attached hydrogen (secondary N) is 2. The number of rotatable bonds is 5. The lowest BCUT2D eigenvalue weighted by molar-refractivity contribution is -0.114. The van der Waals surface area contributed by atoms with Crippen molar-refractivity contribution in [1.29, 1.82) is 0 Å². The largest absolute Gasteiger partial charge is 0.378 e. The molecule has 0 saturated heterocycles. The van der Waals surface area contributed by atoms with Gasteiger partial charge in [0.25, 0.3) is 0 Å². The third-order valence-corrected chi connectivity index (χ3v) is 3.63. The molecule has 24 heavy (non-hydrogen) atoms. The van der Waals surface area contributed by atoms with Crippen molar-refractivity contribution in [1.82, 2.24) is 9.97 Å². The average Bonchev–Trinajstić information content (AvgIpc) is 2.60. The molecule has 0 aliphatic carbocycles. The van der Waals surface area contributed by atoms with E-state index >= 15 is 0 Å². The maximum atomic E-state index is 12.1. The number of benzene rings is 2. The Kier molecular flexibility index (Phi) is 4.56. The maximum absolute atomic E-state index is 12.1. The number of fused-ring (bicyclic) bond motifs is 1. The van der Waals surface area contributed by atoms with Crippen molar-refractivity contribution >= 4 is 34.0 Å². The van der Waals surface area contributed by atoms with Crippen LogP contribution in [0.2, 0.25) is 0 Å². The molecule has 2 aromatic carbocycles. The number of anilines is 3. The van der Waals surface area contributed by atoms with Gasteiger partial charge in [-0.15, -0.1) is 0 Å². The first-order chi connectivity index (χ1) is 11.6. The van der Waals surface area contributed by atoms with Crippen molar-refractivity contribution in [2.24, 2.45) is 0 Å². The lowest BCUT2D eigenvalue weighted by Crippen LogP contribution is -2.22. The van der Waals surface area contributed by atoms with Crippen LogP contribution in [0.15, 0.2) is 54.9 Å². The highest BCUT2D eigenvalue weighted by Crippen LogP contribution is 2.18. The molecule has 0 radical (unpaired) electrons. The van der Waals surface area contributed by atoms with Gasteiger partial charge in [0, 0.05) is 30.9 Å². The number of carbonyl (C=O) groups is 1. The summed E-state index contributed by atoms with van der Waals surface area (Å²) in [7, 11) is 3.95. The molecule has 3 rings (SSSR count). The SMILES string of the molecule is CN(C)c1ccc(NC(=O)CNc2ncnc3ccccc23)cc1. The van der Waals surface area contributed by atoms with E-state index in [-0.39, 0.29) is 12.5 Å². The Labute approximate surface area is 140 Å². The van der Waals surface area contributed by atoms with Crippen LogP contribution in [0.5, 0.6) is 0 Å². The molecule has 1 aromatic heterocycles. The Morgan fingerprint density at radius 1 is 1.04 bits per heavy atom. The average molecular weight is 321 g/mol. The van der Waals surface area contributed by atoms with Crippen molar-refractivity contribution in [2.75, 3.05) is 36.2 Å². The summed E-state index contributed by atoms with van der Waals surface area (Å²) in [6.07, 6.45) is 1.49. The van der Waals surface area contributed by atoms with E-state index in [0.717, 1.165) is 22.3 Å². The molecule has 0 aliphatic heterocycles. The van der Waals surface area contributed by atoms with Crippen molar-refractivity contribution in [3.63, 3.8) is 0 Å². The number of hydrogen-bond acceptors (Lipinski definition) is 5. The van der Waals surface area contributed by atoms with Crippen molar-refractivity contribution in [3.8, 4) is 0 Å². The van der Waals surface area contributed by atoms with Gasteiger partial charge in [0.15, 0.2) is 0 Å². The van der Waals surface area contributed by atoms with Crippen LogP contribution in [0.4, 0.5) is 17.2 Å². The molecule has 0 saturated carbocycles. The Bertz CT molecular complexity index is 840. The van der Waals surface area contributed by atoms with E-state index in [1.807, 2.05) is 67.5 Å². The third-order valence-electron chi connectivity index (χ3n) is 3.63. The van der Waals surface area contributed by atoms with Crippen LogP contribution in [0, 0.1) is 0 Å². The van der Waals surface area contributed by atoms with Gasteiger partial charge in [0.1, 0.15) is 12.1 Å². The van der Waals surface area contributed by atoms with Crippen LogP contribution in [-0.2, 0) is 4.79 Å². The normalized spacial score (nSPS) is 10.4.